The average molecular weight is 417 g/mol. The molecule has 1 amide bonds. The maximum absolute atomic E-state index is 14.1. The molecule has 3 heterocycles. The number of fused-ring (bicyclic) bond motifs is 2. The molecule has 3 N–H and O–H groups in total. The predicted octanol–water partition coefficient (Wildman–Crippen LogP) is 3.66. The molecule has 0 radical (unpaired) electrons. The lowest BCUT2D eigenvalue weighted by Gasteiger charge is -2.46. The highest BCUT2D eigenvalue weighted by Crippen LogP contribution is 2.50. The molecule has 4 atom stereocenters. The largest absolute Gasteiger partial charge is 0.339 e. The number of piperidine rings is 1. The Morgan fingerprint density at radius 2 is 1.97 bits per heavy atom. The minimum atomic E-state index is -0.0945. The summed E-state index contributed by atoms with van der Waals surface area (Å²) in [6, 6.07) is 0.504. The predicted molar refractivity (Wildman–Crippen MR) is 117 cm³/mol. The Bertz CT molecular complexity index is 758. The molecule has 3 unspecified atom stereocenters. The van der Waals surface area contributed by atoms with Gasteiger partial charge >= 0.3 is 0 Å². The molecular formula is C23H36N4OS. The van der Waals surface area contributed by atoms with Gasteiger partial charge in [-0.05, 0) is 57.8 Å². The summed E-state index contributed by atoms with van der Waals surface area (Å²) >= 11 is 1.78. The summed E-state index contributed by atoms with van der Waals surface area (Å²) in [5.41, 5.74) is 7.40. The maximum Gasteiger partial charge on any atom is 0.228 e. The fourth-order valence-electron chi connectivity index (χ4n) is 6.74. The van der Waals surface area contributed by atoms with E-state index in [2.05, 4.69) is 17.1 Å². The Hall–Kier alpha value is -0.980. The van der Waals surface area contributed by atoms with Gasteiger partial charge in [0.05, 0.1) is 16.6 Å². The van der Waals surface area contributed by atoms with Gasteiger partial charge in [-0.3, -0.25) is 4.79 Å². The zero-order chi connectivity index (χ0) is 20.0. The number of likely N-dealkylation sites (tertiary alicyclic amines) is 1. The molecule has 5 rings (SSSR count). The van der Waals surface area contributed by atoms with Crippen molar-refractivity contribution in [1.29, 1.82) is 0 Å². The van der Waals surface area contributed by atoms with Crippen LogP contribution in [-0.4, -0.2) is 41.5 Å². The van der Waals surface area contributed by atoms with Gasteiger partial charge in [-0.25, -0.2) is 4.98 Å². The van der Waals surface area contributed by atoms with Gasteiger partial charge in [0.15, 0.2) is 0 Å². The van der Waals surface area contributed by atoms with Crippen LogP contribution in [0.4, 0.5) is 0 Å². The van der Waals surface area contributed by atoms with Crippen LogP contribution in [0.25, 0.3) is 0 Å². The van der Waals surface area contributed by atoms with E-state index in [-0.39, 0.29) is 17.4 Å². The van der Waals surface area contributed by atoms with Crippen LogP contribution >= 0.6 is 11.3 Å². The first kappa shape index (κ1) is 20.0. The second-order valence-corrected chi connectivity index (χ2v) is 11.1. The Morgan fingerprint density at radius 1 is 1.17 bits per heavy atom. The average Bonchev–Trinajstić information content (AvgIpc) is 3.36. The number of rotatable bonds is 2. The van der Waals surface area contributed by atoms with Gasteiger partial charge in [-0.2, -0.15) is 0 Å². The van der Waals surface area contributed by atoms with Crippen molar-refractivity contribution in [2.24, 2.45) is 17.6 Å². The first-order valence-corrected chi connectivity index (χ1v) is 12.7. The van der Waals surface area contributed by atoms with Gasteiger partial charge in [-0.15, -0.1) is 11.3 Å². The second kappa shape index (κ2) is 7.93. The lowest BCUT2D eigenvalue weighted by Crippen LogP contribution is -2.54. The minimum absolute atomic E-state index is 0.0295. The van der Waals surface area contributed by atoms with Crippen LogP contribution in [-0.2, 0) is 10.2 Å². The molecule has 6 heteroatoms. The van der Waals surface area contributed by atoms with Crippen LogP contribution in [0.1, 0.15) is 85.8 Å². The normalized spacial score (nSPS) is 35.8. The van der Waals surface area contributed by atoms with E-state index in [0.29, 0.717) is 11.9 Å². The zero-order valence-corrected chi connectivity index (χ0v) is 18.6. The number of aromatic nitrogens is 1. The SMILES string of the molecule is Cc1nc2c(s1)[C@]1(CCC2N)CNCC1C(=O)N1CCCCC1C1CCCCC1. The van der Waals surface area contributed by atoms with Gasteiger partial charge in [-0.1, -0.05) is 19.3 Å². The Kier molecular flexibility index (Phi) is 5.46. The molecule has 3 fully saturated rings. The number of nitrogens with two attached hydrogens (primary N) is 1. The fraction of sp³-hybridized carbons (Fsp3) is 0.826. The molecule has 2 aliphatic carbocycles. The minimum Gasteiger partial charge on any atom is -0.339 e. The molecular weight excluding hydrogens is 380 g/mol. The molecule has 0 bridgehead atoms. The van der Waals surface area contributed by atoms with E-state index in [0.717, 1.165) is 55.5 Å². The molecule has 2 aliphatic heterocycles. The number of hydrogen-bond acceptors (Lipinski definition) is 5. The maximum atomic E-state index is 14.1. The van der Waals surface area contributed by atoms with Crippen LogP contribution in [0.2, 0.25) is 0 Å². The lowest BCUT2D eigenvalue weighted by atomic mass is 9.67. The van der Waals surface area contributed by atoms with Gasteiger partial charge < -0.3 is 16.0 Å². The van der Waals surface area contributed by atoms with Crippen LogP contribution in [0.5, 0.6) is 0 Å². The van der Waals surface area contributed by atoms with Crippen molar-refractivity contribution in [2.45, 2.75) is 88.6 Å². The van der Waals surface area contributed by atoms with E-state index in [9.17, 15) is 4.79 Å². The highest BCUT2D eigenvalue weighted by Gasteiger charge is 2.54. The molecule has 1 aromatic heterocycles. The summed E-state index contributed by atoms with van der Waals surface area (Å²) in [6.45, 7) is 4.73. The monoisotopic (exact) mass is 416 g/mol. The molecule has 2 saturated heterocycles. The van der Waals surface area contributed by atoms with E-state index in [4.69, 9.17) is 10.7 Å². The van der Waals surface area contributed by atoms with Crippen molar-refractivity contribution >= 4 is 17.2 Å². The van der Waals surface area contributed by atoms with Crippen LogP contribution in [0.3, 0.4) is 0 Å². The fourth-order valence-corrected chi connectivity index (χ4v) is 8.00. The number of hydrogen-bond donors (Lipinski definition) is 2. The number of amides is 1. The van der Waals surface area contributed by atoms with Gasteiger partial charge in [0.25, 0.3) is 0 Å². The van der Waals surface area contributed by atoms with Crippen molar-refractivity contribution in [2.75, 3.05) is 19.6 Å². The van der Waals surface area contributed by atoms with Crippen LogP contribution in [0, 0.1) is 18.8 Å². The quantitative estimate of drug-likeness (QED) is 0.772. The Balaban J connectivity index is 1.45. The molecule has 0 aromatic carbocycles. The summed E-state index contributed by atoms with van der Waals surface area (Å²) in [5.74, 6) is 1.18. The van der Waals surface area contributed by atoms with E-state index < -0.39 is 0 Å². The van der Waals surface area contributed by atoms with Crippen molar-refractivity contribution in [1.82, 2.24) is 15.2 Å². The molecule has 4 aliphatic rings. The number of nitrogens with zero attached hydrogens (tertiary/aromatic N) is 2. The molecule has 1 saturated carbocycles. The lowest BCUT2D eigenvalue weighted by molar-refractivity contribution is -0.142. The standard InChI is InChI=1S/C23H36N4OS/c1-15-26-20-18(24)10-11-23(21(20)29-15)14-25-13-17(23)22(28)27-12-6-5-9-19(27)16-7-3-2-4-8-16/h16-19,25H,2-14,24H2,1H3/t17?,18?,19?,23-/m1/s1. The van der Waals surface area contributed by atoms with E-state index in [1.54, 1.807) is 11.3 Å². The van der Waals surface area contributed by atoms with Gasteiger partial charge in [0, 0.05) is 42.0 Å². The van der Waals surface area contributed by atoms with Crippen molar-refractivity contribution in [3.8, 4) is 0 Å². The number of carbonyl (C=O) groups excluding carboxylic acids is 1. The third-order valence-electron chi connectivity index (χ3n) is 8.25. The van der Waals surface area contributed by atoms with Gasteiger partial charge in [0.2, 0.25) is 5.91 Å². The molecule has 29 heavy (non-hydrogen) atoms. The third-order valence-corrected chi connectivity index (χ3v) is 9.45. The van der Waals surface area contributed by atoms with Crippen molar-refractivity contribution in [3.63, 3.8) is 0 Å². The zero-order valence-electron chi connectivity index (χ0n) is 17.8. The van der Waals surface area contributed by atoms with Crippen LogP contribution < -0.4 is 11.1 Å². The highest BCUT2D eigenvalue weighted by molar-refractivity contribution is 7.11. The van der Waals surface area contributed by atoms with E-state index in [1.165, 1.54) is 49.8 Å². The second-order valence-electron chi connectivity index (χ2n) is 9.92. The summed E-state index contributed by atoms with van der Waals surface area (Å²) in [4.78, 5) is 22.5. The van der Waals surface area contributed by atoms with Crippen molar-refractivity contribution < 1.29 is 4.79 Å². The Morgan fingerprint density at radius 3 is 2.79 bits per heavy atom. The molecule has 1 spiro atoms. The summed E-state index contributed by atoms with van der Waals surface area (Å²) in [6.07, 6.45) is 12.3. The number of thiazole rings is 1. The first-order chi connectivity index (χ1) is 14.1. The summed E-state index contributed by atoms with van der Waals surface area (Å²) < 4.78 is 0. The molecule has 160 valence electrons. The van der Waals surface area contributed by atoms with Crippen molar-refractivity contribution in [3.05, 3.63) is 15.6 Å². The molecule has 1 aromatic rings. The highest BCUT2D eigenvalue weighted by atomic mass is 32.1. The van der Waals surface area contributed by atoms with Crippen LogP contribution in [0.15, 0.2) is 0 Å². The smallest absolute Gasteiger partial charge is 0.228 e. The number of aryl methyl sites for hydroxylation is 1. The summed E-state index contributed by atoms with van der Waals surface area (Å²) in [7, 11) is 0. The first-order valence-electron chi connectivity index (χ1n) is 11.8. The van der Waals surface area contributed by atoms with E-state index in [1.807, 2.05) is 0 Å². The summed E-state index contributed by atoms with van der Waals surface area (Å²) in [5, 5.41) is 4.69. The number of carbonyl (C=O) groups is 1. The Labute approximate surface area is 178 Å². The number of nitrogens with one attached hydrogen (secondary N) is 1. The van der Waals surface area contributed by atoms with Gasteiger partial charge in [0.1, 0.15) is 0 Å². The third kappa shape index (κ3) is 3.35. The van der Waals surface area contributed by atoms with E-state index >= 15 is 0 Å². The topological polar surface area (TPSA) is 71.2 Å². The molecule has 5 nitrogen and oxygen atoms in total.